The number of hydrogen-bond acceptors (Lipinski definition) is 7. The predicted octanol–water partition coefficient (Wildman–Crippen LogP) is 3.38. The molecule has 0 spiro atoms. The van der Waals surface area contributed by atoms with E-state index in [-0.39, 0.29) is 40.8 Å². The highest BCUT2D eigenvalue weighted by atomic mass is 19.1. The molecule has 0 aliphatic carbocycles. The van der Waals surface area contributed by atoms with Crippen molar-refractivity contribution < 1.29 is 13.5 Å². The third-order valence-electron chi connectivity index (χ3n) is 6.08. The third-order valence-corrected chi connectivity index (χ3v) is 6.08. The van der Waals surface area contributed by atoms with E-state index >= 15 is 4.39 Å². The lowest BCUT2D eigenvalue weighted by Crippen LogP contribution is -2.41. The van der Waals surface area contributed by atoms with Gasteiger partial charge in [-0.05, 0) is 55.0 Å². The highest BCUT2D eigenvalue weighted by molar-refractivity contribution is 5.64. The van der Waals surface area contributed by atoms with Gasteiger partial charge in [0.1, 0.15) is 17.7 Å². The van der Waals surface area contributed by atoms with E-state index in [1.165, 1.54) is 35.0 Å². The van der Waals surface area contributed by atoms with E-state index in [4.69, 9.17) is 4.74 Å². The average Bonchev–Trinajstić information content (AvgIpc) is 3.24. The van der Waals surface area contributed by atoms with Crippen LogP contribution in [0.3, 0.4) is 0 Å². The maximum absolute atomic E-state index is 15.1. The van der Waals surface area contributed by atoms with Crippen molar-refractivity contribution in [3.05, 3.63) is 94.3 Å². The smallest absolute Gasteiger partial charge is 0.262 e. The number of benzene rings is 2. The molecule has 10 heteroatoms. The molecule has 0 amide bonds. The molecule has 0 saturated carbocycles. The Morgan fingerprint density at radius 2 is 1.86 bits per heavy atom. The first-order chi connectivity index (χ1) is 16.8. The molecule has 0 bridgehead atoms. The Labute approximate surface area is 200 Å². The van der Waals surface area contributed by atoms with Gasteiger partial charge in [0.2, 0.25) is 5.95 Å². The quantitative estimate of drug-likeness (QED) is 0.519. The molecule has 2 aliphatic heterocycles. The molecule has 1 fully saturated rings. The molecule has 180 valence electrons. The average molecular weight is 479 g/mol. The van der Waals surface area contributed by atoms with Crippen LogP contribution < -0.4 is 26.5 Å². The van der Waals surface area contributed by atoms with Crippen LogP contribution in [0.25, 0.3) is 11.1 Å². The predicted molar refractivity (Wildman–Crippen MR) is 129 cm³/mol. The largest absolute Gasteiger partial charge is 0.454 e. The molecule has 2 aliphatic rings. The van der Waals surface area contributed by atoms with Gasteiger partial charge in [0.25, 0.3) is 5.56 Å². The summed E-state index contributed by atoms with van der Waals surface area (Å²) in [5, 5.41) is 2.98. The van der Waals surface area contributed by atoms with Crippen LogP contribution in [-0.2, 0) is 7.05 Å². The molecular formula is C25H24F2N6O2. The Morgan fingerprint density at radius 3 is 2.60 bits per heavy atom. The van der Waals surface area contributed by atoms with Gasteiger partial charge in [0.05, 0.1) is 5.56 Å². The summed E-state index contributed by atoms with van der Waals surface area (Å²) in [5.41, 5.74) is 8.15. The molecule has 8 nitrogen and oxygen atoms in total. The zero-order valence-electron chi connectivity index (χ0n) is 19.3. The number of hydrogen-bond donors (Lipinski definition) is 3. The Balaban J connectivity index is 1.41. The first-order valence-corrected chi connectivity index (χ1v) is 11.0. The van der Waals surface area contributed by atoms with Gasteiger partial charge >= 0.3 is 0 Å². The van der Waals surface area contributed by atoms with E-state index in [1.807, 2.05) is 25.1 Å². The second kappa shape index (κ2) is 8.97. The van der Waals surface area contributed by atoms with Crippen LogP contribution in [-0.4, -0.2) is 33.7 Å². The first-order valence-electron chi connectivity index (χ1n) is 11.0. The van der Waals surface area contributed by atoms with Crippen LogP contribution in [0.4, 0.5) is 20.4 Å². The second-order valence-corrected chi connectivity index (χ2v) is 8.45. The number of anilines is 2. The van der Waals surface area contributed by atoms with Crippen LogP contribution in [0.2, 0.25) is 0 Å². The Kier molecular flexibility index (Phi) is 5.83. The molecular weight excluding hydrogens is 454 g/mol. The SMILES string of the molecule is CC1NNC2C1=C(Oc1ccc(-c3cnc(Nc4ccc(F)cc4)n(C)c3=O)cc1F)C=CN2C. The van der Waals surface area contributed by atoms with Crippen LogP contribution in [0.1, 0.15) is 6.92 Å². The minimum atomic E-state index is -0.596. The van der Waals surface area contributed by atoms with Crippen LogP contribution in [0, 0.1) is 11.6 Å². The number of ether oxygens (including phenoxy) is 1. The lowest BCUT2D eigenvalue weighted by Gasteiger charge is -2.29. The number of allylic oxidation sites excluding steroid dienone is 1. The molecule has 1 saturated heterocycles. The van der Waals surface area contributed by atoms with Gasteiger partial charge in [-0.25, -0.2) is 24.6 Å². The van der Waals surface area contributed by atoms with Gasteiger partial charge in [-0.15, -0.1) is 0 Å². The van der Waals surface area contributed by atoms with E-state index in [0.717, 1.165) is 5.57 Å². The van der Waals surface area contributed by atoms with E-state index < -0.39 is 5.82 Å². The van der Waals surface area contributed by atoms with Gasteiger partial charge in [0, 0.05) is 43.8 Å². The van der Waals surface area contributed by atoms with Crippen LogP contribution in [0.15, 0.2) is 77.1 Å². The van der Waals surface area contributed by atoms with Crippen molar-refractivity contribution in [3.63, 3.8) is 0 Å². The summed E-state index contributed by atoms with van der Waals surface area (Å²) in [7, 11) is 3.50. The third kappa shape index (κ3) is 4.29. The number of likely N-dealkylation sites (N-methyl/N-ethyl adjacent to an activating group) is 1. The topological polar surface area (TPSA) is 83.5 Å². The Bertz CT molecular complexity index is 1400. The van der Waals surface area contributed by atoms with Crippen molar-refractivity contribution >= 4 is 11.6 Å². The van der Waals surface area contributed by atoms with Crippen molar-refractivity contribution in [1.82, 2.24) is 25.3 Å². The summed E-state index contributed by atoms with van der Waals surface area (Å²) >= 11 is 0. The minimum Gasteiger partial charge on any atom is -0.454 e. The van der Waals surface area contributed by atoms with Gasteiger partial charge < -0.3 is 15.0 Å². The van der Waals surface area contributed by atoms with E-state index in [1.54, 1.807) is 31.3 Å². The first kappa shape index (κ1) is 22.8. The molecule has 2 unspecified atom stereocenters. The zero-order chi connectivity index (χ0) is 24.7. The number of nitrogens with zero attached hydrogens (tertiary/aromatic N) is 3. The summed E-state index contributed by atoms with van der Waals surface area (Å²) in [6.07, 6.45) is 4.97. The van der Waals surface area contributed by atoms with Gasteiger partial charge in [-0.2, -0.15) is 0 Å². The molecule has 35 heavy (non-hydrogen) atoms. The van der Waals surface area contributed by atoms with E-state index in [0.29, 0.717) is 17.0 Å². The lowest BCUT2D eigenvalue weighted by molar-refractivity contribution is 0.304. The van der Waals surface area contributed by atoms with Crippen molar-refractivity contribution in [2.45, 2.75) is 19.1 Å². The number of aromatic nitrogens is 2. The minimum absolute atomic E-state index is 0.0147. The van der Waals surface area contributed by atoms with Gasteiger partial charge in [-0.1, -0.05) is 6.07 Å². The lowest BCUT2D eigenvalue weighted by atomic mass is 10.0. The molecule has 3 N–H and O–H groups in total. The number of halogens is 2. The van der Waals surface area contributed by atoms with Crippen LogP contribution in [0.5, 0.6) is 5.75 Å². The molecule has 3 aromatic rings. The number of rotatable bonds is 5. The summed E-state index contributed by atoms with van der Waals surface area (Å²) in [6.45, 7) is 2.00. The summed E-state index contributed by atoms with van der Waals surface area (Å²) in [5.74, 6) is -0.0597. The van der Waals surface area contributed by atoms with Crippen LogP contribution >= 0.6 is 0 Å². The normalized spacial score (nSPS) is 19.2. The molecule has 0 radical (unpaired) electrons. The fourth-order valence-corrected chi connectivity index (χ4v) is 4.12. The summed E-state index contributed by atoms with van der Waals surface area (Å²) in [6, 6.07) is 10.1. The van der Waals surface area contributed by atoms with Gasteiger partial charge in [0.15, 0.2) is 11.6 Å². The molecule has 5 rings (SSSR count). The zero-order valence-corrected chi connectivity index (χ0v) is 19.3. The summed E-state index contributed by atoms with van der Waals surface area (Å²) in [4.78, 5) is 19.3. The summed E-state index contributed by atoms with van der Waals surface area (Å²) < 4.78 is 35.4. The molecule has 3 heterocycles. The molecule has 1 aromatic heterocycles. The number of hydrazine groups is 1. The highest BCUT2D eigenvalue weighted by Gasteiger charge is 2.34. The second-order valence-electron chi connectivity index (χ2n) is 8.45. The van der Waals surface area contributed by atoms with Crippen molar-refractivity contribution in [1.29, 1.82) is 0 Å². The highest BCUT2D eigenvalue weighted by Crippen LogP contribution is 2.30. The van der Waals surface area contributed by atoms with Crippen molar-refractivity contribution in [2.75, 3.05) is 12.4 Å². The fourth-order valence-electron chi connectivity index (χ4n) is 4.12. The maximum atomic E-state index is 15.1. The fraction of sp³-hybridized carbons (Fsp3) is 0.200. The standard InChI is InChI=1S/C25H24F2N6O2/c1-14-22-21(10-11-32(2)23(22)31-30-14)35-20-9-4-15(12-19(20)27)18-13-28-25(33(3)24(18)34)29-17-7-5-16(26)6-8-17/h4-14,23,30-31H,1-3H3,(H,28,29). The van der Waals surface area contributed by atoms with E-state index in [9.17, 15) is 9.18 Å². The molecule has 2 aromatic carbocycles. The van der Waals surface area contributed by atoms with E-state index in [2.05, 4.69) is 21.2 Å². The maximum Gasteiger partial charge on any atom is 0.262 e. The monoisotopic (exact) mass is 478 g/mol. The Hall–Kier alpha value is -4.02. The Morgan fingerprint density at radius 1 is 1.09 bits per heavy atom. The number of nitrogens with one attached hydrogen (secondary N) is 3. The van der Waals surface area contributed by atoms with Crippen molar-refractivity contribution in [2.24, 2.45) is 7.05 Å². The molecule has 2 atom stereocenters. The van der Waals surface area contributed by atoms with Gasteiger partial charge in [-0.3, -0.25) is 9.36 Å². The van der Waals surface area contributed by atoms with Crippen molar-refractivity contribution in [3.8, 4) is 16.9 Å². The number of fused-ring (bicyclic) bond motifs is 1.